The summed E-state index contributed by atoms with van der Waals surface area (Å²) in [5.74, 6) is -10.4. The van der Waals surface area contributed by atoms with Gasteiger partial charge < -0.3 is 9.47 Å². The number of halogens is 5. The van der Waals surface area contributed by atoms with Gasteiger partial charge in [-0.05, 0) is 34.9 Å². The minimum atomic E-state index is -2.24. The van der Waals surface area contributed by atoms with Gasteiger partial charge in [-0.1, -0.05) is 54.6 Å². The van der Waals surface area contributed by atoms with Crippen LogP contribution < -0.4 is 9.47 Å². The van der Waals surface area contributed by atoms with Gasteiger partial charge in [0.05, 0.1) is 11.1 Å². The average Bonchev–Trinajstić information content (AvgIpc) is 3.21. The van der Waals surface area contributed by atoms with Gasteiger partial charge >= 0.3 is 0 Å². The first-order valence-electron chi connectivity index (χ1n) is 10.7. The lowest BCUT2D eigenvalue weighted by Crippen LogP contribution is -2.09. The molecule has 1 heterocycles. The van der Waals surface area contributed by atoms with E-state index < -0.39 is 41.3 Å². The summed E-state index contributed by atoms with van der Waals surface area (Å²) < 4.78 is 78.6. The van der Waals surface area contributed by atoms with Gasteiger partial charge in [-0.2, -0.15) is 0 Å². The first kappa shape index (κ1) is 23.3. The van der Waals surface area contributed by atoms with E-state index in [0.717, 1.165) is 16.7 Å². The Labute approximate surface area is 202 Å². The molecule has 0 atom stereocenters. The number of rotatable bonds is 5. The summed E-state index contributed by atoms with van der Waals surface area (Å²) in [7, 11) is 0. The van der Waals surface area contributed by atoms with Crippen LogP contribution in [0.2, 0.25) is 0 Å². The number of allylic oxidation sites excluding steroid dienone is 1. The third-order valence-corrected chi connectivity index (χ3v) is 5.64. The molecule has 4 aromatic carbocycles. The fourth-order valence-electron chi connectivity index (χ4n) is 3.74. The highest BCUT2D eigenvalue weighted by molar-refractivity contribution is 6.14. The number of hydrogen-bond donors (Lipinski definition) is 0. The maximum Gasteiger partial charge on any atom is 0.231 e. The highest BCUT2D eigenvalue weighted by Gasteiger charge is 2.29. The van der Waals surface area contributed by atoms with Gasteiger partial charge in [0.1, 0.15) is 18.1 Å². The fourth-order valence-corrected chi connectivity index (χ4v) is 3.74. The van der Waals surface area contributed by atoms with Crippen molar-refractivity contribution in [3.8, 4) is 22.6 Å². The van der Waals surface area contributed by atoms with E-state index in [1.807, 2.05) is 54.6 Å². The molecule has 0 radical (unpaired) electrons. The molecule has 0 N–H and O–H groups in total. The predicted molar refractivity (Wildman–Crippen MR) is 122 cm³/mol. The maximum absolute atomic E-state index is 13.9. The SMILES string of the molecule is O=C1/C(=C/c2ccc(-c3ccccc3)cc2)Oc2cc(OCc3c(F)c(F)c(F)c(F)c3F)ccc21. The fraction of sp³-hybridized carbons (Fsp3) is 0.0357. The predicted octanol–water partition coefficient (Wildman–Crippen LogP) is 7.24. The molecule has 0 bridgehead atoms. The standard InChI is InChI=1S/C28H15F5O3/c29-23-20(24(30)26(32)27(33)25(23)31)14-35-18-10-11-19-21(13-18)36-22(28(19)34)12-15-6-8-17(9-7-15)16-4-2-1-3-5-16/h1-13H,14H2/b22-12-. The van der Waals surface area contributed by atoms with E-state index in [1.54, 1.807) is 6.08 Å². The van der Waals surface area contributed by atoms with Crippen molar-refractivity contribution in [3.63, 3.8) is 0 Å². The van der Waals surface area contributed by atoms with Crippen molar-refractivity contribution < 1.29 is 36.2 Å². The van der Waals surface area contributed by atoms with Crippen LogP contribution in [-0.4, -0.2) is 5.78 Å². The van der Waals surface area contributed by atoms with Gasteiger partial charge in [0.15, 0.2) is 29.0 Å². The van der Waals surface area contributed by atoms with E-state index in [2.05, 4.69) is 0 Å². The van der Waals surface area contributed by atoms with E-state index >= 15 is 0 Å². The number of hydrogen-bond acceptors (Lipinski definition) is 3. The van der Waals surface area contributed by atoms with Crippen molar-refractivity contribution in [1.82, 2.24) is 0 Å². The van der Waals surface area contributed by atoms with Crippen molar-refractivity contribution in [2.24, 2.45) is 0 Å². The van der Waals surface area contributed by atoms with Crippen LogP contribution in [0.15, 0.2) is 78.6 Å². The largest absolute Gasteiger partial charge is 0.489 e. The minimum absolute atomic E-state index is 0.0129. The van der Waals surface area contributed by atoms with Crippen molar-refractivity contribution >= 4 is 11.9 Å². The molecule has 0 aromatic heterocycles. The topological polar surface area (TPSA) is 35.5 Å². The molecule has 0 fully saturated rings. The van der Waals surface area contributed by atoms with Crippen LogP contribution in [0.4, 0.5) is 22.0 Å². The molecule has 36 heavy (non-hydrogen) atoms. The lowest BCUT2D eigenvalue weighted by atomic mass is 10.0. The maximum atomic E-state index is 13.9. The van der Waals surface area contributed by atoms with Crippen LogP contribution >= 0.6 is 0 Å². The molecule has 3 nitrogen and oxygen atoms in total. The van der Waals surface area contributed by atoms with Gasteiger partial charge in [-0.25, -0.2) is 22.0 Å². The molecule has 1 aliphatic heterocycles. The molecule has 4 aromatic rings. The van der Waals surface area contributed by atoms with Gasteiger partial charge in [-0.3, -0.25) is 4.79 Å². The Morgan fingerprint density at radius 2 is 1.33 bits per heavy atom. The molecule has 0 amide bonds. The van der Waals surface area contributed by atoms with Gasteiger partial charge in [-0.15, -0.1) is 0 Å². The Kier molecular flexibility index (Phi) is 6.01. The Bertz CT molecular complexity index is 1480. The first-order chi connectivity index (χ1) is 17.3. The summed E-state index contributed by atoms with van der Waals surface area (Å²) in [5, 5.41) is 0. The summed E-state index contributed by atoms with van der Waals surface area (Å²) in [5.41, 5.74) is 1.92. The number of ether oxygens (including phenoxy) is 2. The molecule has 0 unspecified atom stereocenters. The van der Waals surface area contributed by atoms with E-state index in [-0.39, 0.29) is 28.6 Å². The summed E-state index contributed by atoms with van der Waals surface area (Å²) in [6.45, 7) is -0.922. The van der Waals surface area contributed by atoms with Crippen LogP contribution in [0, 0.1) is 29.1 Å². The first-order valence-corrected chi connectivity index (χ1v) is 10.7. The number of benzene rings is 4. The highest BCUT2D eigenvalue weighted by atomic mass is 19.2. The van der Waals surface area contributed by atoms with Crippen LogP contribution in [0.25, 0.3) is 17.2 Å². The summed E-state index contributed by atoms with van der Waals surface area (Å²) >= 11 is 0. The van der Waals surface area contributed by atoms with Crippen LogP contribution in [-0.2, 0) is 6.61 Å². The van der Waals surface area contributed by atoms with E-state index in [4.69, 9.17) is 9.47 Å². The molecule has 8 heteroatoms. The average molecular weight is 494 g/mol. The third-order valence-electron chi connectivity index (χ3n) is 5.64. The molecule has 0 saturated heterocycles. The molecule has 180 valence electrons. The molecular weight excluding hydrogens is 479 g/mol. The van der Waals surface area contributed by atoms with Crippen LogP contribution in [0.1, 0.15) is 21.5 Å². The normalized spacial score (nSPS) is 13.6. The third kappa shape index (κ3) is 4.22. The molecule has 0 saturated carbocycles. The zero-order valence-electron chi connectivity index (χ0n) is 18.3. The number of fused-ring (bicyclic) bond motifs is 1. The second-order valence-corrected chi connectivity index (χ2v) is 7.92. The quantitative estimate of drug-likeness (QED) is 0.127. The molecular formula is C28H15F5O3. The second-order valence-electron chi connectivity index (χ2n) is 7.92. The second kappa shape index (κ2) is 9.30. The number of ketones is 1. The highest BCUT2D eigenvalue weighted by Crippen LogP contribution is 2.35. The summed E-state index contributed by atoms with van der Waals surface area (Å²) in [6.07, 6.45) is 1.58. The summed E-state index contributed by atoms with van der Waals surface area (Å²) in [4.78, 5) is 12.7. The van der Waals surface area contributed by atoms with E-state index in [0.29, 0.717) is 0 Å². The zero-order valence-corrected chi connectivity index (χ0v) is 18.3. The Morgan fingerprint density at radius 1 is 0.722 bits per heavy atom. The smallest absolute Gasteiger partial charge is 0.231 e. The van der Waals surface area contributed by atoms with Crippen molar-refractivity contribution in [2.75, 3.05) is 0 Å². The zero-order chi connectivity index (χ0) is 25.4. The monoisotopic (exact) mass is 494 g/mol. The van der Waals surface area contributed by atoms with Gasteiger partial charge in [0, 0.05) is 6.07 Å². The Morgan fingerprint density at radius 3 is 2.00 bits per heavy atom. The lowest BCUT2D eigenvalue weighted by Gasteiger charge is -2.10. The molecule has 1 aliphatic rings. The van der Waals surface area contributed by atoms with Crippen molar-refractivity contribution in [1.29, 1.82) is 0 Å². The van der Waals surface area contributed by atoms with E-state index in [9.17, 15) is 26.7 Å². The van der Waals surface area contributed by atoms with E-state index in [1.165, 1.54) is 18.2 Å². The van der Waals surface area contributed by atoms with Gasteiger partial charge in [0.2, 0.25) is 11.6 Å². The molecule has 0 spiro atoms. The Hall–Kier alpha value is -4.46. The molecule has 0 aliphatic carbocycles. The van der Waals surface area contributed by atoms with Gasteiger partial charge in [0.25, 0.3) is 0 Å². The number of carbonyl (C=O) groups excluding carboxylic acids is 1. The number of carbonyl (C=O) groups is 1. The van der Waals surface area contributed by atoms with Crippen LogP contribution in [0.3, 0.4) is 0 Å². The van der Waals surface area contributed by atoms with Crippen molar-refractivity contribution in [3.05, 3.63) is 124 Å². The number of Topliss-reactive ketones (excluding diaryl/α,β-unsaturated/α-hetero) is 1. The van der Waals surface area contributed by atoms with Crippen molar-refractivity contribution in [2.45, 2.75) is 6.61 Å². The van der Waals surface area contributed by atoms with Crippen LogP contribution in [0.5, 0.6) is 11.5 Å². The summed E-state index contributed by atoms with van der Waals surface area (Å²) in [6, 6.07) is 21.3. The lowest BCUT2D eigenvalue weighted by molar-refractivity contribution is 0.101. The molecule has 5 rings (SSSR count). The Balaban J connectivity index is 1.33. The minimum Gasteiger partial charge on any atom is -0.489 e.